The lowest BCUT2D eigenvalue weighted by atomic mass is 10.3. The molecule has 0 aliphatic rings. The van der Waals surface area contributed by atoms with Gasteiger partial charge in [-0.2, -0.15) is 0 Å². The van der Waals surface area contributed by atoms with Crippen LogP contribution in [0.4, 0.5) is 22.0 Å². The summed E-state index contributed by atoms with van der Waals surface area (Å²) in [5.74, 6) is 0.957. The van der Waals surface area contributed by atoms with Gasteiger partial charge in [0.05, 0.1) is 29.2 Å². The Bertz CT molecular complexity index is 634. The molecule has 0 unspecified atom stereocenters. The van der Waals surface area contributed by atoms with Crippen molar-refractivity contribution in [2.45, 2.75) is 0 Å². The number of nitrogens with zero attached hydrogens (tertiary/aromatic N) is 1. The fourth-order valence-corrected chi connectivity index (χ4v) is 2.02. The summed E-state index contributed by atoms with van der Waals surface area (Å²) in [7, 11) is 1.54. The van der Waals surface area contributed by atoms with Crippen molar-refractivity contribution >= 4 is 39.2 Å². The molecular formula is C13H13BrN4O2. The number of halogens is 1. The van der Waals surface area contributed by atoms with Crippen LogP contribution in [0.1, 0.15) is 0 Å². The molecule has 7 heteroatoms. The molecule has 2 rings (SSSR count). The number of nitrogens with one attached hydrogen (secondary N) is 2. The minimum Gasteiger partial charge on any atom is -0.495 e. The summed E-state index contributed by atoms with van der Waals surface area (Å²) in [4.78, 5) is 15.9. The number of benzene rings is 1. The lowest BCUT2D eigenvalue weighted by Gasteiger charge is -2.11. The zero-order valence-electron chi connectivity index (χ0n) is 10.7. The highest BCUT2D eigenvalue weighted by Crippen LogP contribution is 2.24. The van der Waals surface area contributed by atoms with Crippen molar-refractivity contribution in [2.24, 2.45) is 0 Å². The Labute approximate surface area is 124 Å². The smallest absolute Gasteiger partial charge is 0.324 e. The number of methoxy groups -OCH3 is 1. The van der Waals surface area contributed by atoms with Gasteiger partial charge < -0.3 is 15.8 Å². The van der Waals surface area contributed by atoms with Gasteiger partial charge in [0.2, 0.25) is 0 Å². The lowest BCUT2D eigenvalue weighted by Crippen LogP contribution is -2.20. The maximum Gasteiger partial charge on any atom is 0.324 e. The second-order valence-corrected chi connectivity index (χ2v) is 4.73. The average Bonchev–Trinajstić information content (AvgIpc) is 2.42. The molecule has 0 aliphatic heterocycles. The van der Waals surface area contributed by atoms with Gasteiger partial charge in [-0.05, 0) is 34.1 Å². The number of nitrogen functional groups attached to an aromatic ring is 1. The Morgan fingerprint density at radius 1 is 1.35 bits per heavy atom. The van der Waals surface area contributed by atoms with Crippen LogP contribution < -0.4 is 21.1 Å². The van der Waals surface area contributed by atoms with E-state index in [1.807, 2.05) is 6.07 Å². The van der Waals surface area contributed by atoms with Gasteiger partial charge in [-0.1, -0.05) is 12.1 Å². The van der Waals surface area contributed by atoms with E-state index in [4.69, 9.17) is 10.5 Å². The minimum absolute atomic E-state index is 0.381. The molecule has 6 nitrogen and oxygen atoms in total. The van der Waals surface area contributed by atoms with Crippen molar-refractivity contribution in [1.29, 1.82) is 0 Å². The van der Waals surface area contributed by atoms with Gasteiger partial charge >= 0.3 is 6.03 Å². The van der Waals surface area contributed by atoms with E-state index in [0.717, 1.165) is 0 Å². The molecule has 0 saturated carbocycles. The van der Waals surface area contributed by atoms with Crippen LogP contribution in [0.5, 0.6) is 5.75 Å². The van der Waals surface area contributed by atoms with Crippen LogP contribution in [-0.4, -0.2) is 18.1 Å². The predicted octanol–water partition coefficient (Wildman–Crippen LogP) is 3.08. The molecular weight excluding hydrogens is 324 g/mol. The van der Waals surface area contributed by atoms with Crippen LogP contribution in [0.2, 0.25) is 0 Å². The first kappa shape index (κ1) is 14.1. The highest BCUT2D eigenvalue weighted by molar-refractivity contribution is 9.10. The van der Waals surface area contributed by atoms with Gasteiger partial charge in [-0.15, -0.1) is 0 Å². The minimum atomic E-state index is -0.424. The number of nitrogens with two attached hydrogens (primary N) is 1. The number of hydrogen-bond donors (Lipinski definition) is 3. The highest BCUT2D eigenvalue weighted by Gasteiger charge is 2.09. The number of pyridine rings is 1. The van der Waals surface area contributed by atoms with Crippen LogP contribution in [0, 0.1) is 0 Å². The first-order valence-electron chi connectivity index (χ1n) is 5.72. The summed E-state index contributed by atoms with van der Waals surface area (Å²) in [5.41, 5.74) is 6.66. The molecule has 0 aliphatic carbocycles. The molecule has 104 valence electrons. The van der Waals surface area contributed by atoms with Crippen molar-refractivity contribution in [3.05, 3.63) is 41.0 Å². The maximum atomic E-state index is 11.9. The summed E-state index contributed by atoms with van der Waals surface area (Å²) in [6, 6.07) is 8.35. The molecule has 0 radical (unpaired) electrons. The van der Waals surface area contributed by atoms with Gasteiger partial charge in [0.15, 0.2) is 0 Å². The normalized spacial score (nSPS) is 9.90. The van der Waals surface area contributed by atoms with E-state index >= 15 is 0 Å². The molecule has 1 heterocycles. The Hall–Kier alpha value is -2.28. The molecule has 0 bridgehead atoms. The van der Waals surface area contributed by atoms with E-state index in [-0.39, 0.29) is 0 Å². The van der Waals surface area contributed by atoms with E-state index in [1.165, 1.54) is 13.3 Å². The number of amides is 2. The Morgan fingerprint density at radius 2 is 2.10 bits per heavy atom. The van der Waals surface area contributed by atoms with E-state index in [1.54, 1.807) is 24.3 Å². The molecule has 1 aromatic heterocycles. The third kappa shape index (κ3) is 3.39. The Balaban J connectivity index is 2.09. The average molecular weight is 337 g/mol. The zero-order valence-corrected chi connectivity index (χ0v) is 12.3. The largest absolute Gasteiger partial charge is 0.495 e. The second-order valence-electron chi connectivity index (χ2n) is 3.88. The molecule has 0 saturated heterocycles. The predicted molar refractivity (Wildman–Crippen MR) is 82.0 cm³/mol. The van der Waals surface area contributed by atoms with Crippen molar-refractivity contribution < 1.29 is 9.53 Å². The molecule has 0 spiro atoms. The van der Waals surface area contributed by atoms with E-state index < -0.39 is 6.03 Å². The third-order valence-corrected chi connectivity index (χ3v) is 3.05. The zero-order chi connectivity index (χ0) is 14.5. The van der Waals surface area contributed by atoms with Crippen molar-refractivity contribution in [3.63, 3.8) is 0 Å². The molecule has 2 amide bonds. The first-order valence-corrected chi connectivity index (χ1v) is 6.51. The Morgan fingerprint density at radius 3 is 2.80 bits per heavy atom. The third-order valence-electron chi connectivity index (χ3n) is 2.45. The van der Waals surface area contributed by atoms with Crippen molar-refractivity contribution in [2.75, 3.05) is 23.5 Å². The van der Waals surface area contributed by atoms with Gasteiger partial charge in [-0.3, -0.25) is 5.32 Å². The first-order chi connectivity index (χ1) is 9.60. The van der Waals surface area contributed by atoms with Crippen LogP contribution >= 0.6 is 15.9 Å². The molecule has 1 aromatic carbocycles. The molecule has 0 atom stereocenters. The summed E-state index contributed by atoms with van der Waals surface area (Å²) >= 11 is 3.28. The topological polar surface area (TPSA) is 89.3 Å². The molecule has 4 N–H and O–H groups in total. The Kier molecular flexibility index (Phi) is 4.41. The van der Waals surface area contributed by atoms with Gasteiger partial charge in [0.25, 0.3) is 0 Å². The SMILES string of the molecule is COc1ccccc1NC(=O)Nc1ncc(N)cc1Br. The van der Waals surface area contributed by atoms with E-state index in [2.05, 4.69) is 31.5 Å². The fraction of sp³-hybridized carbons (Fsp3) is 0.0769. The number of anilines is 3. The highest BCUT2D eigenvalue weighted by atomic mass is 79.9. The monoisotopic (exact) mass is 336 g/mol. The van der Waals surface area contributed by atoms with Crippen LogP contribution in [0.15, 0.2) is 41.0 Å². The number of aromatic nitrogens is 1. The number of carbonyl (C=O) groups excluding carboxylic acids is 1. The number of rotatable bonds is 3. The molecule has 0 fully saturated rings. The quantitative estimate of drug-likeness (QED) is 0.803. The van der Waals surface area contributed by atoms with Gasteiger partial charge in [-0.25, -0.2) is 9.78 Å². The molecule has 2 aromatic rings. The van der Waals surface area contributed by atoms with E-state index in [9.17, 15) is 4.79 Å². The summed E-state index contributed by atoms with van der Waals surface area (Å²) < 4.78 is 5.76. The number of carbonyl (C=O) groups is 1. The van der Waals surface area contributed by atoms with Crippen LogP contribution in [-0.2, 0) is 0 Å². The van der Waals surface area contributed by atoms with E-state index in [0.29, 0.717) is 27.4 Å². The summed E-state index contributed by atoms with van der Waals surface area (Å²) in [6.07, 6.45) is 1.46. The van der Waals surface area contributed by atoms with Crippen molar-refractivity contribution in [1.82, 2.24) is 4.98 Å². The fourth-order valence-electron chi connectivity index (χ4n) is 1.55. The number of ether oxygens (including phenoxy) is 1. The van der Waals surface area contributed by atoms with Gasteiger partial charge in [0.1, 0.15) is 11.6 Å². The second kappa shape index (κ2) is 6.25. The summed E-state index contributed by atoms with van der Waals surface area (Å²) in [6.45, 7) is 0. The summed E-state index contributed by atoms with van der Waals surface area (Å²) in [5, 5.41) is 5.30. The number of hydrogen-bond acceptors (Lipinski definition) is 4. The number of urea groups is 1. The van der Waals surface area contributed by atoms with Gasteiger partial charge in [0, 0.05) is 0 Å². The molecule has 20 heavy (non-hydrogen) atoms. The van der Waals surface area contributed by atoms with Crippen molar-refractivity contribution in [3.8, 4) is 5.75 Å². The maximum absolute atomic E-state index is 11.9. The van der Waals surface area contributed by atoms with Crippen LogP contribution in [0.3, 0.4) is 0 Å². The lowest BCUT2D eigenvalue weighted by molar-refractivity contribution is 0.262. The van der Waals surface area contributed by atoms with Crippen LogP contribution in [0.25, 0.3) is 0 Å². The number of para-hydroxylation sites is 2. The standard InChI is InChI=1S/C13H13BrN4O2/c1-20-11-5-3-2-4-10(11)17-13(19)18-12-9(14)6-8(15)7-16-12/h2-7H,15H2,1H3,(H2,16,17,18,19).